The fourth-order valence-electron chi connectivity index (χ4n) is 4.36. The molecule has 1 aliphatic rings. The SMILES string of the molecule is C=CC(=O)OCC(COC(COC)COc1ccc(Cc2ccc(C)cc2)cc1)OC(=O)C1CC=CCC1C(=O)O. The third-order valence-corrected chi connectivity index (χ3v) is 6.67. The highest BCUT2D eigenvalue weighted by atomic mass is 16.6. The fourth-order valence-corrected chi connectivity index (χ4v) is 4.36. The van der Waals surface area contributed by atoms with Crippen molar-refractivity contribution < 1.29 is 43.2 Å². The topological polar surface area (TPSA) is 118 Å². The van der Waals surface area contributed by atoms with Gasteiger partial charge in [0, 0.05) is 13.2 Å². The highest BCUT2D eigenvalue weighted by Gasteiger charge is 2.36. The quantitative estimate of drug-likeness (QED) is 0.180. The number of esters is 2. The summed E-state index contributed by atoms with van der Waals surface area (Å²) in [5, 5.41) is 9.50. The molecule has 3 rings (SSSR count). The van der Waals surface area contributed by atoms with Crippen LogP contribution in [0.4, 0.5) is 0 Å². The number of methoxy groups -OCH3 is 1. The number of aryl methyl sites for hydroxylation is 1. The first-order valence-corrected chi connectivity index (χ1v) is 13.5. The number of benzene rings is 2. The van der Waals surface area contributed by atoms with Gasteiger partial charge in [0.1, 0.15) is 25.1 Å². The highest BCUT2D eigenvalue weighted by Crippen LogP contribution is 2.27. The summed E-state index contributed by atoms with van der Waals surface area (Å²) in [7, 11) is 1.53. The Balaban J connectivity index is 1.56. The molecule has 0 bridgehead atoms. The van der Waals surface area contributed by atoms with E-state index < -0.39 is 42.0 Å². The fraction of sp³-hybridized carbons (Fsp3) is 0.406. The largest absolute Gasteiger partial charge is 0.491 e. The molecule has 220 valence electrons. The van der Waals surface area contributed by atoms with E-state index in [4.69, 9.17) is 23.7 Å². The average Bonchev–Trinajstić information content (AvgIpc) is 2.98. The van der Waals surface area contributed by atoms with Crippen LogP contribution in [-0.2, 0) is 39.8 Å². The maximum absolute atomic E-state index is 12.9. The van der Waals surface area contributed by atoms with Crippen LogP contribution in [0.15, 0.2) is 73.3 Å². The monoisotopic (exact) mass is 566 g/mol. The predicted octanol–water partition coefficient (Wildman–Crippen LogP) is 4.30. The van der Waals surface area contributed by atoms with E-state index in [1.807, 2.05) is 24.3 Å². The van der Waals surface area contributed by atoms with Gasteiger partial charge in [0.2, 0.25) is 0 Å². The van der Waals surface area contributed by atoms with Crippen LogP contribution in [0.1, 0.15) is 29.5 Å². The van der Waals surface area contributed by atoms with Gasteiger partial charge in [-0.3, -0.25) is 9.59 Å². The molecule has 0 aliphatic heterocycles. The molecule has 0 heterocycles. The number of carbonyl (C=O) groups excluding carboxylic acids is 2. The van der Waals surface area contributed by atoms with E-state index in [1.165, 1.54) is 18.2 Å². The third-order valence-electron chi connectivity index (χ3n) is 6.67. The van der Waals surface area contributed by atoms with E-state index in [0.29, 0.717) is 5.75 Å². The summed E-state index contributed by atoms with van der Waals surface area (Å²) in [6, 6.07) is 16.2. The van der Waals surface area contributed by atoms with Crippen LogP contribution >= 0.6 is 0 Å². The van der Waals surface area contributed by atoms with Gasteiger partial charge >= 0.3 is 17.9 Å². The van der Waals surface area contributed by atoms with Gasteiger partial charge in [0.05, 0.1) is 25.0 Å². The zero-order valence-corrected chi connectivity index (χ0v) is 23.5. The lowest BCUT2D eigenvalue weighted by Gasteiger charge is -2.27. The van der Waals surface area contributed by atoms with Crippen LogP contribution in [-0.4, -0.2) is 68.8 Å². The molecule has 2 aromatic rings. The standard InChI is InChI=1S/C32H38O9/c1-4-30(33)40-21-27(41-32(36)29-8-6-5-7-28(29)31(34)35)20-39-26(18-37-3)19-38-25-15-13-24(14-16-25)17-23-11-9-22(2)10-12-23/h4-6,9-16,26-29H,1,7-8,17-21H2,2-3H3,(H,34,35). The van der Waals surface area contributed by atoms with Crippen molar-refractivity contribution in [1.29, 1.82) is 0 Å². The lowest BCUT2D eigenvalue weighted by Crippen LogP contribution is -2.39. The van der Waals surface area contributed by atoms with Gasteiger partial charge in [-0.1, -0.05) is 60.7 Å². The second-order valence-electron chi connectivity index (χ2n) is 9.92. The summed E-state index contributed by atoms with van der Waals surface area (Å²) in [4.78, 5) is 36.1. The number of ether oxygens (including phenoxy) is 5. The number of hydrogen-bond donors (Lipinski definition) is 1. The molecule has 41 heavy (non-hydrogen) atoms. The second kappa shape index (κ2) is 16.3. The zero-order chi connectivity index (χ0) is 29.6. The number of hydrogen-bond acceptors (Lipinski definition) is 8. The molecular weight excluding hydrogens is 528 g/mol. The maximum atomic E-state index is 12.9. The van der Waals surface area contributed by atoms with E-state index in [0.717, 1.165) is 18.1 Å². The van der Waals surface area contributed by atoms with Gasteiger partial charge < -0.3 is 28.8 Å². The van der Waals surface area contributed by atoms with Crippen LogP contribution in [0.5, 0.6) is 5.75 Å². The van der Waals surface area contributed by atoms with Crippen LogP contribution < -0.4 is 4.74 Å². The van der Waals surface area contributed by atoms with Gasteiger partial charge in [-0.15, -0.1) is 0 Å². The minimum absolute atomic E-state index is 0.122. The Bertz CT molecular complexity index is 1170. The smallest absolute Gasteiger partial charge is 0.330 e. The first-order valence-electron chi connectivity index (χ1n) is 13.5. The molecule has 0 aromatic heterocycles. The number of rotatable bonds is 16. The molecule has 4 atom stereocenters. The molecule has 1 N–H and O–H groups in total. The molecule has 0 saturated heterocycles. The van der Waals surface area contributed by atoms with Crippen molar-refractivity contribution in [2.45, 2.75) is 38.4 Å². The second-order valence-corrected chi connectivity index (χ2v) is 9.92. The molecule has 9 heteroatoms. The van der Waals surface area contributed by atoms with Gasteiger partial charge in [-0.05, 0) is 49.4 Å². The summed E-state index contributed by atoms with van der Waals surface area (Å²) in [5.41, 5.74) is 3.61. The molecule has 0 fully saturated rings. The van der Waals surface area contributed by atoms with Gasteiger partial charge in [0.25, 0.3) is 0 Å². The van der Waals surface area contributed by atoms with Crippen molar-refractivity contribution in [2.75, 3.05) is 33.5 Å². The number of aliphatic carboxylic acids is 1. The third kappa shape index (κ3) is 10.5. The summed E-state index contributed by atoms with van der Waals surface area (Å²) in [6.07, 6.45) is 4.32. The maximum Gasteiger partial charge on any atom is 0.330 e. The van der Waals surface area contributed by atoms with E-state index in [1.54, 1.807) is 12.2 Å². The van der Waals surface area contributed by atoms with Crippen molar-refractivity contribution in [3.63, 3.8) is 0 Å². The summed E-state index contributed by atoms with van der Waals surface area (Å²) in [5.74, 6) is -3.50. The summed E-state index contributed by atoms with van der Waals surface area (Å²) in [6.45, 7) is 5.39. The first kappa shape index (κ1) is 31.6. The Morgan fingerprint density at radius 1 is 0.902 bits per heavy atom. The van der Waals surface area contributed by atoms with Crippen molar-refractivity contribution in [1.82, 2.24) is 0 Å². The predicted molar refractivity (Wildman–Crippen MR) is 152 cm³/mol. The molecular formula is C32H38O9. The van der Waals surface area contributed by atoms with E-state index in [2.05, 4.69) is 37.8 Å². The Hall–Kier alpha value is -3.95. The molecule has 0 radical (unpaired) electrons. The molecule has 1 aliphatic carbocycles. The molecule has 0 amide bonds. The van der Waals surface area contributed by atoms with Crippen molar-refractivity contribution in [3.05, 3.63) is 90.0 Å². The van der Waals surface area contributed by atoms with E-state index in [-0.39, 0.29) is 39.3 Å². The van der Waals surface area contributed by atoms with Crippen LogP contribution in [0.2, 0.25) is 0 Å². The lowest BCUT2D eigenvalue weighted by molar-refractivity contribution is -0.171. The van der Waals surface area contributed by atoms with Crippen molar-refractivity contribution in [3.8, 4) is 5.75 Å². The van der Waals surface area contributed by atoms with Crippen molar-refractivity contribution >= 4 is 17.9 Å². The molecule has 0 saturated carbocycles. The molecule has 4 unspecified atom stereocenters. The van der Waals surface area contributed by atoms with E-state index in [9.17, 15) is 19.5 Å². The van der Waals surface area contributed by atoms with Crippen LogP contribution in [0.3, 0.4) is 0 Å². The molecule has 0 spiro atoms. The normalized spacial score (nSPS) is 17.7. The minimum Gasteiger partial charge on any atom is -0.491 e. The summed E-state index contributed by atoms with van der Waals surface area (Å²) >= 11 is 0. The van der Waals surface area contributed by atoms with Gasteiger partial charge in [-0.25, -0.2) is 4.79 Å². The number of carbonyl (C=O) groups is 3. The van der Waals surface area contributed by atoms with Crippen LogP contribution in [0.25, 0.3) is 0 Å². The van der Waals surface area contributed by atoms with Gasteiger partial charge in [-0.2, -0.15) is 0 Å². The highest BCUT2D eigenvalue weighted by molar-refractivity contribution is 5.82. The number of carboxylic acid groups (broad SMARTS) is 1. The Morgan fingerprint density at radius 2 is 1.54 bits per heavy atom. The van der Waals surface area contributed by atoms with Crippen LogP contribution in [0, 0.1) is 18.8 Å². The average molecular weight is 567 g/mol. The molecule has 9 nitrogen and oxygen atoms in total. The molecule has 2 aromatic carbocycles. The number of allylic oxidation sites excluding steroid dienone is 2. The first-order chi connectivity index (χ1) is 19.8. The Kier molecular flexibility index (Phi) is 12.6. The Morgan fingerprint density at radius 3 is 2.15 bits per heavy atom. The van der Waals surface area contributed by atoms with E-state index >= 15 is 0 Å². The lowest BCUT2D eigenvalue weighted by atomic mass is 9.83. The zero-order valence-electron chi connectivity index (χ0n) is 23.5. The Labute approximate surface area is 240 Å². The minimum atomic E-state index is -1.07. The number of carboxylic acids is 1. The van der Waals surface area contributed by atoms with Crippen molar-refractivity contribution in [2.24, 2.45) is 11.8 Å². The summed E-state index contributed by atoms with van der Waals surface area (Å²) < 4.78 is 27.8. The van der Waals surface area contributed by atoms with Gasteiger partial charge in [0.15, 0.2) is 6.10 Å².